The number of amides is 4. The molecule has 0 aliphatic carbocycles. The van der Waals surface area contributed by atoms with Crippen LogP contribution in [0.2, 0.25) is 0 Å². The van der Waals surface area contributed by atoms with Crippen LogP contribution in [0.15, 0.2) is 59.5 Å². The minimum Gasteiger partial charge on any atom is -0.324 e. The summed E-state index contributed by atoms with van der Waals surface area (Å²) in [4.78, 5) is 52.7. The van der Waals surface area contributed by atoms with Gasteiger partial charge in [0.05, 0.1) is 22.6 Å². The first-order valence-corrected chi connectivity index (χ1v) is 11.4. The van der Waals surface area contributed by atoms with Crippen molar-refractivity contribution in [1.29, 1.82) is 0 Å². The summed E-state index contributed by atoms with van der Waals surface area (Å²) in [5.74, 6) is -3.09. The van der Waals surface area contributed by atoms with E-state index in [1.54, 1.807) is 30.3 Å². The molecule has 12 heteroatoms. The van der Waals surface area contributed by atoms with Crippen LogP contribution in [0.1, 0.15) is 17.5 Å². The van der Waals surface area contributed by atoms with E-state index in [-0.39, 0.29) is 9.23 Å². The Hall–Kier alpha value is -3.51. The number of hydrogen-bond acceptors (Lipinski definition) is 6. The van der Waals surface area contributed by atoms with Gasteiger partial charge in [-0.3, -0.25) is 29.0 Å². The number of thioether (sulfide) groups is 1. The number of carbonyl (C=O) groups excluding carboxylic acids is 4. The summed E-state index contributed by atoms with van der Waals surface area (Å²) >= 11 is 6.25. The number of benzene rings is 2. The molecule has 2 aromatic rings. The second-order valence-corrected chi connectivity index (χ2v) is 9.27. The van der Waals surface area contributed by atoms with E-state index in [2.05, 4.69) is 5.32 Å². The van der Waals surface area contributed by atoms with Crippen molar-refractivity contribution < 1.29 is 32.3 Å². The van der Waals surface area contributed by atoms with Crippen LogP contribution in [0.3, 0.4) is 0 Å². The molecule has 2 heterocycles. The third-order valence-corrected chi connectivity index (χ3v) is 6.59. The Morgan fingerprint density at radius 2 is 1.74 bits per heavy atom. The summed E-state index contributed by atoms with van der Waals surface area (Å²) in [6.07, 6.45) is -3.48. The van der Waals surface area contributed by atoms with Gasteiger partial charge in [-0.2, -0.15) is 13.2 Å². The molecular weight excluding hydrogens is 503 g/mol. The molecule has 0 spiro atoms. The maximum Gasteiger partial charge on any atom is 0.418 e. The highest BCUT2D eigenvalue weighted by Gasteiger charge is 2.48. The first-order valence-electron chi connectivity index (χ1n) is 10.2. The molecule has 1 N–H and O–H groups in total. The fourth-order valence-electron chi connectivity index (χ4n) is 3.66. The quantitative estimate of drug-likeness (QED) is 0.369. The van der Waals surface area contributed by atoms with Crippen molar-refractivity contribution in [3.8, 4) is 0 Å². The molecule has 35 heavy (non-hydrogen) atoms. The molecule has 2 aliphatic heterocycles. The molecular formula is C23H16F3N3O4S2. The number of nitrogens with zero attached hydrogens (tertiary/aromatic N) is 2. The van der Waals surface area contributed by atoms with Gasteiger partial charge in [-0.25, -0.2) is 0 Å². The van der Waals surface area contributed by atoms with Gasteiger partial charge in [0.2, 0.25) is 11.8 Å². The van der Waals surface area contributed by atoms with Gasteiger partial charge in [-0.05, 0) is 23.8 Å². The Morgan fingerprint density at radius 3 is 2.43 bits per heavy atom. The maximum absolute atomic E-state index is 13.2. The summed E-state index contributed by atoms with van der Waals surface area (Å²) in [6.45, 7) is -0.797. The number of anilines is 1. The minimum atomic E-state index is -4.71. The van der Waals surface area contributed by atoms with Crippen LogP contribution >= 0.6 is 24.0 Å². The summed E-state index contributed by atoms with van der Waals surface area (Å²) < 4.78 is 39.6. The van der Waals surface area contributed by atoms with Gasteiger partial charge >= 0.3 is 6.18 Å². The van der Waals surface area contributed by atoms with Gasteiger partial charge < -0.3 is 5.32 Å². The van der Waals surface area contributed by atoms with Crippen LogP contribution in [0.5, 0.6) is 0 Å². The second kappa shape index (κ2) is 9.62. The number of para-hydroxylation sites is 1. The van der Waals surface area contributed by atoms with E-state index in [0.29, 0.717) is 4.90 Å². The molecule has 0 radical (unpaired) electrons. The number of alkyl halides is 3. The second-order valence-electron chi connectivity index (χ2n) is 7.59. The number of thiocarbonyl (C=S) groups is 1. The standard InChI is InChI=1S/C23H16F3N3O4S2/c24-23(25,26)14-8-4-5-9-15(14)27-18(30)12-28-19(31)11-16(20(28)32)29-21(33)17(35-22(29)34)10-13-6-2-1-3-7-13/h1-10,16H,11-12H2,(H,27,30)/b17-10-. The first-order chi connectivity index (χ1) is 16.6. The number of hydrogen-bond donors (Lipinski definition) is 1. The largest absolute Gasteiger partial charge is 0.418 e. The number of halogens is 3. The molecule has 0 saturated carbocycles. The zero-order chi connectivity index (χ0) is 25.3. The summed E-state index contributed by atoms with van der Waals surface area (Å²) in [5.41, 5.74) is -0.809. The van der Waals surface area contributed by atoms with Gasteiger partial charge in [0.15, 0.2) is 0 Å². The van der Waals surface area contributed by atoms with Crippen LogP contribution in [-0.2, 0) is 25.4 Å². The number of rotatable bonds is 5. The van der Waals surface area contributed by atoms with Crippen LogP contribution in [0, 0.1) is 0 Å². The molecule has 7 nitrogen and oxygen atoms in total. The molecule has 0 aromatic heterocycles. The van der Waals surface area contributed by atoms with Crippen molar-refractivity contribution in [2.24, 2.45) is 0 Å². The molecule has 2 saturated heterocycles. The molecule has 0 bridgehead atoms. The Kier molecular flexibility index (Phi) is 6.77. The monoisotopic (exact) mass is 519 g/mol. The van der Waals surface area contributed by atoms with Crippen molar-refractivity contribution in [3.05, 3.63) is 70.6 Å². The number of nitrogens with one attached hydrogen (secondary N) is 1. The highest BCUT2D eigenvalue weighted by atomic mass is 32.2. The average Bonchev–Trinajstić information content (AvgIpc) is 3.22. The summed E-state index contributed by atoms with van der Waals surface area (Å²) in [6, 6.07) is 12.1. The van der Waals surface area contributed by atoms with Gasteiger partial charge in [0.1, 0.15) is 16.9 Å². The Balaban J connectivity index is 1.47. The van der Waals surface area contributed by atoms with Crippen molar-refractivity contribution in [3.63, 3.8) is 0 Å². The number of carbonyl (C=O) groups is 4. The molecule has 2 aliphatic rings. The highest BCUT2D eigenvalue weighted by molar-refractivity contribution is 8.26. The van der Waals surface area contributed by atoms with E-state index < -0.39 is 60.1 Å². The lowest BCUT2D eigenvalue weighted by atomic mass is 10.1. The third kappa shape index (κ3) is 5.13. The minimum absolute atomic E-state index is 0.0914. The predicted octanol–water partition coefficient (Wildman–Crippen LogP) is 3.67. The fraction of sp³-hybridized carbons (Fsp3) is 0.174. The highest BCUT2D eigenvalue weighted by Crippen LogP contribution is 2.37. The van der Waals surface area contributed by atoms with E-state index in [9.17, 15) is 32.3 Å². The lowest BCUT2D eigenvalue weighted by molar-refractivity contribution is -0.143. The van der Waals surface area contributed by atoms with E-state index in [4.69, 9.17) is 12.2 Å². The normalized spacial score (nSPS) is 19.7. The van der Waals surface area contributed by atoms with E-state index >= 15 is 0 Å². The predicted molar refractivity (Wildman–Crippen MR) is 127 cm³/mol. The number of likely N-dealkylation sites (tertiary alicyclic amines) is 1. The fourth-order valence-corrected chi connectivity index (χ4v) is 5.01. The molecule has 4 amide bonds. The van der Waals surface area contributed by atoms with Gasteiger partial charge in [-0.1, -0.05) is 66.4 Å². The Labute approximate surface area is 206 Å². The maximum atomic E-state index is 13.2. The van der Waals surface area contributed by atoms with Gasteiger partial charge in [-0.15, -0.1) is 0 Å². The molecule has 1 atom stereocenters. The van der Waals surface area contributed by atoms with Crippen LogP contribution in [0.25, 0.3) is 6.08 Å². The van der Waals surface area contributed by atoms with Crippen LogP contribution in [0.4, 0.5) is 18.9 Å². The Morgan fingerprint density at radius 1 is 1.09 bits per heavy atom. The molecule has 2 fully saturated rings. The van der Waals surface area contributed by atoms with Gasteiger partial charge in [0, 0.05) is 0 Å². The zero-order valence-corrected chi connectivity index (χ0v) is 19.4. The zero-order valence-electron chi connectivity index (χ0n) is 17.7. The van der Waals surface area contributed by atoms with Crippen LogP contribution in [-0.4, -0.2) is 50.3 Å². The van der Waals surface area contributed by atoms with Gasteiger partial charge in [0.25, 0.3) is 11.8 Å². The van der Waals surface area contributed by atoms with Crippen molar-refractivity contribution >= 4 is 63.7 Å². The lowest BCUT2D eigenvalue weighted by Gasteiger charge is -2.21. The molecule has 180 valence electrons. The Bertz CT molecular complexity index is 1260. The first kappa shape index (κ1) is 24.6. The van der Waals surface area contributed by atoms with E-state index in [1.807, 2.05) is 6.07 Å². The molecule has 2 aromatic carbocycles. The smallest absolute Gasteiger partial charge is 0.324 e. The average molecular weight is 520 g/mol. The lowest BCUT2D eigenvalue weighted by Crippen LogP contribution is -2.45. The summed E-state index contributed by atoms with van der Waals surface area (Å²) in [5, 5.41) is 2.10. The van der Waals surface area contributed by atoms with Crippen molar-refractivity contribution in [2.75, 3.05) is 11.9 Å². The molecule has 4 rings (SSSR count). The van der Waals surface area contributed by atoms with Crippen molar-refractivity contribution in [2.45, 2.75) is 18.6 Å². The summed E-state index contributed by atoms with van der Waals surface area (Å²) in [7, 11) is 0. The van der Waals surface area contributed by atoms with Crippen LogP contribution < -0.4 is 5.32 Å². The topological polar surface area (TPSA) is 86.8 Å². The van der Waals surface area contributed by atoms with E-state index in [1.165, 1.54) is 12.1 Å². The SMILES string of the molecule is O=C(CN1C(=O)CC(N2C(=O)/C(=C/c3ccccc3)SC2=S)C1=O)Nc1ccccc1C(F)(F)F. The van der Waals surface area contributed by atoms with Crippen molar-refractivity contribution in [1.82, 2.24) is 9.80 Å². The third-order valence-electron chi connectivity index (χ3n) is 5.26. The number of imide groups is 1. The van der Waals surface area contributed by atoms with E-state index in [0.717, 1.165) is 34.4 Å². The molecule has 1 unspecified atom stereocenters.